The van der Waals surface area contributed by atoms with Crippen molar-refractivity contribution in [3.63, 3.8) is 0 Å². The maximum Gasteiger partial charge on any atom is 0.416 e. The number of nitrogens with zero attached hydrogens (tertiary/aromatic N) is 1. The first kappa shape index (κ1) is 24.7. The van der Waals surface area contributed by atoms with Gasteiger partial charge in [0, 0.05) is 18.4 Å². The van der Waals surface area contributed by atoms with Gasteiger partial charge in [-0.25, -0.2) is 8.42 Å². The summed E-state index contributed by atoms with van der Waals surface area (Å²) in [6.07, 6.45) is 4.80. The lowest BCUT2D eigenvalue weighted by Gasteiger charge is -2.32. The quantitative estimate of drug-likeness (QED) is 0.274. The molecule has 1 aromatic rings. The number of sulfonamides is 1. The molecule has 0 atom stereocenters. The summed E-state index contributed by atoms with van der Waals surface area (Å²) in [6.45, 7) is 2.53. The second-order valence-electron chi connectivity index (χ2n) is 7.90. The maximum atomic E-state index is 12.9. The van der Waals surface area contributed by atoms with Crippen LogP contribution in [0.2, 0.25) is 0 Å². The van der Waals surface area contributed by atoms with Crippen LogP contribution in [-0.4, -0.2) is 31.1 Å². The minimum absolute atomic E-state index is 0.0761. The molecule has 0 aromatic heterocycles. The summed E-state index contributed by atoms with van der Waals surface area (Å²) in [5.74, 6) is 1.06. The van der Waals surface area contributed by atoms with Gasteiger partial charge in [-0.1, -0.05) is 55.0 Å². The molecule has 0 bridgehead atoms. The van der Waals surface area contributed by atoms with E-state index >= 15 is 0 Å². The normalized spacial score (nSPS) is 20.9. The van der Waals surface area contributed by atoms with Gasteiger partial charge in [-0.15, -0.1) is 0 Å². The zero-order chi connectivity index (χ0) is 21.5. The van der Waals surface area contributed by atoms with E-state index in [0.29, 0.717) is 19.0 Å². The van der Waals surface area contributed by atoms with Crippen LogP contribution in [0.4, 0.5) is 13.2 Å². The highest BCUT2D eigenvalue weighted by atomic mass is 79.9. The van der Waals surface area contributed by atoms with Crippen molar-refractivity contribution >= 4 is 26.0 Å². The van der Waals surface area contributed by atoms with Crippen LogP contribution in [0.15, 0.2) is 29.2 Å². The summed E-state index contributed by atoms with van der Waals surface area (Å²) in [5, 5.41) is 1.06. The van der Waals surface area contributed by atoms with Crippen molar-refractivity contribution in [3.05, 3.63) is 29.8 Å². The Balaban J connectivity index is 1.92. The Labute approximate surface area is 181 Å². The van der Waals surface area contributed by atoms with E-state index in [1.165, 1.54) is 30.0 Å². The van der Waals surface area contributed by atoms with E-state index in [4.69, 9.17) is 0 Å². The highest BCUT2D eigenvalue weighted by Crippen LogP contribution is 2.34. The fraction of sp³-hybridized carbons (Fsp3) is 0.714. The van der Waals surface area contributed by atoms with Crippen LogP contribution in [-0.2, 0) is 16.2 Å². The summed E-state index contributed by atoms with van der Waals surface area (Å²) in [5.41, 5.74) is -0.839. The van der Waals surface area contributed by atoms with Gasteiger partial charge in [0.15, 0.2) is 0 Å². The molecule has 1 saturated carbocycles. The molecular formula is C21H31BrF3NO2S. The summed E-state index contributed by atoms with van der Waals surface area (Å²) in [6, 6.07) is 3.79. The lowest BCUT2D eigenvalue weighted by molar-refractivity contribution is -0.137. The molecule has 1 fully saturated rings. The molecule has 1 aromatic carbocycles. The second-order valence-corrected chi connectivity index (χ2v) is 10.6. The molecule has 0 radical (unpaired) electrons. The molecule has 29 heavy (non-hydrogen) atoms. The van der Waals surface area contributed by atoms with Crippen LogP contribution in [0.3, 0.4) is 0 Å². The smallest absolute Gasteiger partial charge is 0.207 e. The Morgan fingerprint density at radius 2 is 1.59 bits per heavy atom. The number of benzene rings is 1. The van der Waals surface area contributed by atoms with E-state index in [1.54, 1.807) is 6.92 Å². The third kappa shape index (κ3) is 7.24. The first-order valence-corrected chi connectivity index (χ1v) is 13.0. The molecule has 166 valence electrons. The molecule has 1 aliphatic carbocycles. The molecule has 0 aliphatic heterocycles. The molecule has 2 rings (SSSR count). The molecule has 0 amide bonds. The van der Waals surface area contributed by atoms with E-state index in [0.717, 1.165) is 61.2 Å². The van der Waals surface area contributed by atoms with Crippen molar-refractivity contribution in [3.8, 4) is 0 Å². The van der Waals surface area contributed by atoms with Crippen molar-refractivity contribution in [2.24, 2.45) is 11.8 Å². The summed E-state index contributed by atoms with van der Waals surface area (Å²) in [7, 11) is -3.79. The predicted molar refractivity (Wildman–Crippen MR) is 114 cm³/mol. The standard InChI is InChI=1S/C21H31BrF3NO2S/c1-2-26(16-18-9-7-17(8-10-18)6-4-3-5-15-22)29(27,28)20-13-11-19(12-14-20)21(23,24)25/h11-14,17-18H,2-10,15-16H2,1H3. The molecule has 1 aliphatic rings. The predicted octanol–water partition coefficient (Wildman–Crippen LogP) is 6.48. The minimum Gasteiger partial charge on any atom is -0.207 e. The Morgan fingerprint density at radius 3 is 2.10 bits per heavy atom. The third-order valence-corrected chi connectivity index (χ3v) is 8.36. The number of unbranched alkanes of at least 4 members (excludes halogenated alkanes) is 2. The van der Waals surface area contributed by atoms with Gasteiger partial charge in [0.1, 0.15) is 0 Å². The average molecular weight is 498 g/mol. The molecule has 0 heterocycles. The van der Waals surface area contributed by atoms with Gasteiger partial charge in [-0.2, -0.15) is 17.5 Å². The molecule has 0 N–H and O–H groups in total. The number of rotatable bonds is 10. The molecule has 0 spiro atoms. The van der Waals surface area contributed by atoms with Crippen molar-refractivity contribution in [1.29, 1.82) is 0 Å². The second kappa shape index (κ2) is 11.1. The fourth-order valence-electron chi connectivity index (χ4n) is 4.06. The van der Waals surface area contributed by atoms with Crippen LogP contribution in [0.5, 0.6) is 0 Å². The van der Waals surface area contributed by atoms with Gasteiger partial charge in [-0.05, 0) is 55.4 Å². The van der Waals surface area contributed by atoms with Gasteiger partial charge >= 0.3 is 6.18 Å². The Morgan fingerprint density at radius 1 is 1.00 bits per heavy atom. The van der Waals surface area contributed by atoms with Gasteiger partial charge in [0.25, 0.3) is 0 Å². The SMILES string of the molecule is CCN(CC1CCC(CCCCCBr)CC1)S(=O)(=O)c1ccc(C(F)(F)F)cc1. The molecule has 0 saturated heterocycles. The van der Waals surface area contributed by atoms with E-state index in [2.05, 4.69) is 15.9 Å². The van der Waals surface area contributed by atoms with Crippen molar-refractivity contribution in [2.45, 2.75) is 69.4 Å². The summed E-state index contributed by atoms with van der Waals surface area (Å²) in [4.78, 5) is -0.0761. The fourth-order valence-corrected chi connectivity index (χ4v) is 5.98. The number of hydrogen-bond acceptors (Lipinski definition) is 2. The summed E-state index contributed by atoms with van der Waals surface area (Å²) >= 11 is 3.45. The first-order chi connectivity index (χ1) is 13.7. The number of hydrogen-bond donors (Lipinski definition) is 0. The Hall–Kier alpha value is -0.600. The van der Waals surface area contributed by atoms with Crippen LogP contribution in [0.1, 0.15) is 63.9 Å². The zero-order valence-corrected chi connectivity index (χ0v) is 19.3. The van der Waals surface area contributed by atoms with Gasteiger partial charge in [0.2, 0.25) is 10.0 Å². The largest absolute Gasteiger partial charge is 0.416 e. The van der Waals surface area contributed by atoms with Gasteiger partial charge in [-0.3, -0.25) is 0 Å². The van der Waals surface area contributed by atoms with Crippen LogP contribution < -0.4 is 0 Å². The highest BCUT2D eigenvalue weighted by Gasteiger charge is 2.32. The van der Waals surface area contributed by atoms with E-state index in [1.807, 2.05) is 0 Å². The summed E-state index contributed by atoms with van der Waals surface area (Å²) < 4.78 is 65.4. The van der Waals surface area contributed by atoms with E-state index in [9.17, 15) is 21.6 Å². The van der Waals surface area contributed by atoms with E-state index in [-0.39, 0.29) is 4.90 Å². The Kier molecular flexibility index (Phi) is 9.48. The highest BCUT2D eigenvalue weighted by molar-refractivity contribution is 9.09. The van der Waals surface area contributed by atoms with E-state index < -0.39 is 21.8 Å². The van der Waals surface area contributed by atoms with Crippen LogP contribution in [0.25, 0.3) is 0 Å². The molecular weight excluding hydrogens is 467 g/mol. The first-order valence-electron chi connectivity index (χ1n) is 10.4. The lowest BCUT2D eigenvalue weighted by Crippen LogP contribution is -2.36. The third-order valence-electron chi connectivity index (χ3n) is 5.85. The topological polar surface area (TPSA) is 37.4 Å². The van der Waals surface area contributed by atoms with Gasteiger partial charge < -0.3 is 0 Å². The zero-order valence-electron chi connectivity index (χ0n) is 16.9. The molecule has 3 nitrogen and oxygen atoms in total. The van der Waals surface area contributed by atoms with Crippen LogP contribution >= 0.6 is 15.9 Å². The number of alkyl halides is 4. The van der Waals surface area contributed by atoms with Crippen molar-refractivity contribution < 1.29 is 21.6 Å². The minimum atomic E-state index is -4.47. The van der Waals surface area contributed by atoms with Crippen LogP contribution in [0, 0.1) is 11.8 Å². The monoisotopic (exact) mass is 497 g/mol. The van der Waals surface area contributed by atoms with Crippen molar-refractivity contribution in [1.82, 2.24) is 4.31 Å². The number of halogens is 4. The molecule has 0 unspecified atom stereocenters. The maximum absolute atomic E-state index is 12.9. The molecule has 8 heteroatoms. The van der Waals surface area contributed by atoms with Crippen molar-refractivity contribution in [2.75, 3.05) is 18.4 Å². The van der Waals surface area contributed by atoms with Gasteiger partial charge in [0.05, 0.1) is 10.5 Å². The Bertz CT molecular complexity index is 714. The average Bonchev–Trinajstić information content (AvgIpc) is 2.69. The lowest BCUT2D eigenvalue weighted by atomic mass is 9.80.